The molecule has 0 radical (unpaired) electrons. The largest absolute Gasteiger partial charge is 0.368 e. The minimum Gasteiger partial charge on any atom is -0.368 e. The number of rotatable bonds is 5. The van der Waals surface area contributed by atoms with Crippen molar-refractivity contribution >= 4 is 16.7 Å². The molecule has 1 heterocycles. The van der Waals surface area contributed by atoms with Gasteiger partial charge in [0.15, 0.2) is 0 Å². The van der Waals surface area contributed by atoms with Crippen molar-refractivity contribution in [3.8, 4) is 0 Å². The van der Waals surface area contributed by atoms with Crippen molar-refractivity contribution in [2.45, 2.75) is 6.04 Å². The molecule has 0 fully saturated rings. The molecule has 0 aliphatic carbocycles. The van der Waals surface area contributed by atoms with Gasteiger partial charge in [-0.2, -0.15) is 0 Å². The van der Waals surface area contributed by atoms with E-state index in [0.29, 0.717) is 17.7 Å². The van der Waals surface area contributed by atoms with Gasteiger partial charge in [-0.1, -0.05) is 18.2 Å². The number of hydrogen-bond donors (Lipinski definition) is 1. The number of aromatic nitrogens is 2. The number of hydrogen-bond acceptors (Lipinski definition) is 4. The summed E-state index contributed by atoms with van der Waals surface area (Å²) in [5.74, 6) is -0.0596. The summed E-state index contributed by atoms with van der Waals surface area (Å²) in [6, 6.07) is 11.2. The minimum absolute atomic E-state index is 0.0178. The first kappa shape index (κ1) is 16.3. The van der Waals surface area contributed by atoms with Gasteiger partial charge in [0.25, 0.3) is 0 Å². The van der Waals surface area contributed by atoms with Crippen LogP contribution in [-0.2, 0) is 0 Å². The molecule has 0 aliphatic rings. The highest BCUT2D eigenvalue weighted by Gasteiger charge is 2.15. The Labute approximate surface area is 139 Å². The molecular formula is C18H18F2N4. The van der Waals surface area contributed by atoms with Gasteiger partial charge in [-0.05, 0) is 43.9 Å². The maximum Gasteiger partial charge on any atom is 0.149 e. The third-order valence-corrected chi connectivity index (χ3v) is 3.96. The van der Waals surface area contributed by atoms with Crippen LogP contribution in [0.5, 0.6) is 0 Å². The molecule has 3 rings (SSSR count). The number of fused-ring (bicyclic) bond motifs is 1. The summed E-state index contributed by atoms with van der Waals surface area (Å²) >= 11 is 0. The van der Waals surface area contributed by atoms with Gasteiger partial charge in [0.05, 0.1) is 6.04 Å². The predicted octanol–water partition coefficient (Wildman–Crippen LogP) is 3.62. The lowest BCUT2D eigenvalue weighted by Crippen LogP contribution is -2.27. The number of anilines is 1. The van der Waals surface area contributed by atoms with Crippen LogP contribution in [0.15, 0.2) is 48.8 Å². The van der Waals surface area contributed by atoms with Gasteiger partial charge >= 0.3 is 0 Å². The van der Waals surface area contributed by atoms with Gasteiger partial charge in [0, 0.05) is 11.9 Å². The standard InChI is InChI=1S/C18H18F2N4/c1-24(2)16(12-6-8-13(19)9-7-12)10-21-18-14-4-3-5-15(20)17(14)22-11-23-18/h3-9,11,16H,10H2,1-2H3,(H,21,22,23). The second kappa shape index (κ2) is 6.88. The number of para-hydroxylation sites is 1. The van der Waals surface area contributed by atoms with E-state index in [-0.39, 0.29) is 23.2 Å². The second-order valence-corrected chi connectivity index (χ2v) is 5.77. The Morgan fingerprint density at radius 3 is 2.50 bits per heavy atom. The van der Waals surface area contributed by atoms with E-state index in [0.717, 1.165) is 5.56 Å². The van der Waals surface area contributed by atoms with Gasteiger partial charge in [0.1, 0.15) is 29.3 Å². The number of halogens is 2. The van der Waals surface area contributed by atoms with Crippen LogP contribution in [0.1, 0.15) is 11.6 Å². The normalized spacial score (nSPS) is 12.5. The van der Waals surface area contributed by atoms with Crippen LogP contribution in [0.4, 0.5) is 14.6 Å². The molecule has 24 heavy (non-hydrogen) atoms. The maximum absolute atomic E-state index is 13.8. The summed E-state index contributed by atoms with van der Waals surface area (Å²) in [7, 11) is 3.90. The smallest absolute Gasteiger partial charge is 0.149 e. The number of nitrogens with one attached hydrogen (secondary N) is 1. The first-order valence-electron chi connectivity index (χ1n) is 7.61. The topological polar surface area (TPSA) is 41.0 Å². The summed E-state index contributed by atoms with van der Waals surface area (Å²) in [5, 5.41) is 3.89. The Bertz CT molecular complexity index is 834. The lowest BCUT2D eigenvalue weighted by atomic mass is 10.1. The Balaban J connectivity index is 1.85. The molecule has 124 valence electrons. The van der Waals surface area contributed by atoms with Crippen molar-refractivity contribution in [1.29, 1.82) is 0 Å². The van der Waals surface area contributed by atoms with E-state index < -0.39 is 0 Å². The van der Waals surface area contributed by atoms with Crippen molar-refractivity contribution in [2.24, 2.45) is 0 Å². The summed E-state index contributed by atoms with van der Waals surface area (Å²) < 4.78 is 27.0. The average Bonchev–Trinajstić information content (AvgIpc) is 2.57. The molecule has 1 aromatic heterocycles. The van der Waals surface area contributed by atoms with Crippen LogP contribution in [0.25, 0.3) is 10.9 Å². The van der Waals surface area contributed by atoms with Crippen molar-refractivity contribution < 1.29 is 8.78 Å². The molecule has 1 unspecified atom stereocenters. The van der Waals surface area contributed by atoms with Gasteiger partial charge in [-0.25, -0.2) is 18.7 Å². The first-order chi connectivity index (χ1) is 11.6. The SMILES string of the molecule is CN(C)C(CNc1ncnc2c(F)cccc12)c1ccc(F)cc1. The summed E-state index contributed by atoms with van der Waals surface area (Å²) in [4.78, 5) is 10.2. The molecule has 4 nitrogen and oxygen atoms in total. The number of likely N-dealkylation sites (N-methyl/N-ethyl adjacent to an activating group) is 1. The van der Waals surface area contributed by atoms with Crippen LogP contribution in [0.2, 0.25) is 0 Å². The minimum atomic E-state index is -0.374. The second-order valence-electron chi connectivity index (χ2n) is 5.77. The molecule has 0 saturated carbocycles. The Morgan fingerprint density at radius 1 is 1.04 bits per heavy atom. The van der Waals surface area contributed by atoms with E-state index in [1.165, 1.54) is 24.5 Å². The maximum atomic E-state index is 13.8. The van der Waals surface area contributed by atoms with E-state index in [4.69, 9.17) is 0 Å². The summed E-state index contributed by atoms with van der Waals surface area (Å²) in [5.41, 5.74) is 1.27. The van der Waals surface area contributed by atoms with Crippen LogP contribution < -0.4 is 5.32 Å². The Hall–Kier alpha value is -2.60. The Kier molecular flexibility index (Phi) is 4.66. The van der Waals surface area contributed by atoms with Crippen LogP contribution >= 0.6 is 0 Å². The van der Waals surface area contributed by atoms with E-state index in [1.807, 2.05) is 19.0 Å². The lowest BCUT2D eigenvalue weighted by molar-refractivity contribution is 0.311. The van der Waals surface area contributed by atoms with Gasteiger partial charge in [0.2, 0.25) is 0 Å². The molecule has 0 saturated heterocycles. The summed E-state index contributed by atoms with van der Waals surface area (Å²) in [6.45, 7) is 0.543. The van der Waals surface area contributed by atoms with Gasteiger partial charge in [-0.15, -0.1) is 0 Å². The van der Waals surface area contributed by atoms with Crippen LogP contribution in [0.3, 0.4) is 0 Å². The van der Waals surface area contributed by atoms with Crippen molar-refractivity contribution in [3.63, 3.8) is 0 Å². The molecule has 0 spiro atoms. The van der Waals surface area contributed by atoms with Crippen molar-refractivity contribution in [3.05, 3.63) is 66.0 Å². The highest BCUT2D eigenvalue weighted by Crippen LogP contribution is 2.24. The molecule has 6 heteroatoms. The molecule has 2 aromatic carbocycles. The van der Waals surface area contributed by atoms with Crippen molar-refractivity contribution in [2.75, 3.05) is 26.0 Å². The number of benzene rings is 2. The molecule has 0 bridgehead atoms. The monoisotopic (exact) mass is 328 g/mol. The van der Waals surface area contributed by atoms with Gasteiger partial charge in [-0.3, -0.25) is 0 Å². The van der Waals surface area contributed by atoms with E-state index in [9.17, 15) is 8.78 Å². The molecular weight excluding hydrogens is 310 g/mol. The zero-order chi connectivity index (χ0) is 17.1. The zero-order valence-corrected chi connectivity index (χ0v) is 13.5. The predicted molar refractivity (Wildman–Crippen MR) is 90.8 cm³/mol. The van der Waals surface area contributed by atoms with E-state index >= 15 is 0 Å². The molecule has 0 amide bonds. The Morgan fingerprint density at radius 2 is 1.79 bits per heavy atom. The fraction of sp³-hybridized carbons (Fsp3) is 0.222. The first-order valence-corrected chi connectivity index (χ1v) is 7.61. The highest BCUT2D eigenvalue weighted by atomic mass is 19.1. The lowest BCUT2D eigenvalue weighted by Gasteiger charge is -2.25. The van der Waals surface area contributed by atoms with Gasteiger partial charge < -0.3 is 10.2 Å². The van der Waals surface area contributed by atoms with E-state index in [2.05, 4.69) is 15.3 Å². The fourth-order valence-electron chi connectivity index (χ4n) is 2.67. The highest BCUT2D eigenvalue weighted by molar-refractivity contribution is 5.89. The molecule has 1 N–H and O–H groups in total. The fourth-order valence-corrected chi connectivity index (χ4v) is 2.67. The van der Waals surface area contributed by atoms with Crippen LogP contribution in [-0.4, -0.2) is 35.5 Å². The third-order valence-electron chi connectivity index (χ3n) is 3.96. The number of nitrogens with zero attached hydrogens (tertiary/aromatic N) is 3. The van der Waals surface area contributed by atoms with E-state index in [1.54, 1.807) is 24.3 Å². The summed E-state index contributed by atoms with van der Waals surface area (Å²) in [6.07, 6.45) is 1.34. The van der Waals surface area contributed by atoms with Crippen molar-refractivity contribution in [1.82, 2.24) is 14.9 Å². The average molecular weight is 328 g/mol. The van der Waals surface area contributed by atoms with Crippen LogP contribution in [0, 0.1) is 11.6 Å². The zero-order valence-electron chi connectivity index (χ0n) is 13.5. The third kappa shape index (κ3) is 3.33. The molecule has 3 aromatic rings. The molecule has 1 atom stereocenters. The molecule has 0 aliphatic heterocycles. The quantitative estimate of drug-likeness (QED) is 0.777.